The van der Waals surface area contributed by atoms with E-state index >= 15 is 0 Å². The fourth-order valence-corrected chi connectivity index (χ4v) is 1.86. The van der Waals surface area contributed by atoms with Crippen molar-refractivity contribution < 1.29 is 14.6 Å². The zero-order valence-electron chi connectivity index (χ0n) is 10.5. The lowest BCUT2D eigenvalue weighted by atomic mass is 10.1. The van der Waals surface area contributed by atoms with Gasteiger partial charge in [-0.3, -0.25) is 4.79 Å². The van der Waals surface area contributed by atoms with E-state index in [9.17, 15) is 4.79 Å². The number of aliphatic hydroxyl groups is 1. The van der Waals surface area contributed by atoms with Gasteiger partial charge in [0.1, 0.15) is 0 Å². The Balaban J connectivity index is 2.25. The van der Waals surface area contributed by atoms with Crippen LogP contribution in [0.4, 0.5) is 0 Å². The topological polar surface area (TPSA) is 58.6 Å². The van der Waals surface area contributed by atoms with Gasteiger partial charge in [0.2, 0.25) is 5.91 Å². The Kier molecular flexibility index (Phi) is 7.82. The van der Waals surface area contributed by atoms with E-state index in [2.05, 4.69) is 5.32 Å². The van der Waals surface area contributed by atoms with Crippen LogP contribution >= 0.6 is 23.2 Å². The molecule has 0 bridgehead atoms. The van der Waals surface area contributed by atoms with E-state index in [1.807, 2.05) is 0 Å². The first-order chi connectivity index (χ1) is 9.13. The highest BCUT2D eigenvalue weighted by Gasteiger charge is 2.07. The molecule has 106 valence electrons. The lowest BCUT2D eigenvalue weighted by Crippen LogP contribution is -2.27. The first-order valence-electron chi connectivity index (χ1n) is 6.02. The maximum absolute atomic E-state index is 11.7. The molecule has 2 N–H and O–H groups in total. The normalized spacial score (nSPS) is 10.5. The smallest absolute Gasteiger partial charge is 0.224 e. The highest BCUT2D eigenvalue weighted by atomic mass is 35.5. The van der Waals surface area contributed by atoms with Gasteiger partial charge in [0.05, 0.1) is 19.6 Å². The Morgan fingerprint density at radius 3 is 2.84 bits per heavy atom. The number of carbonyl (C=O) groups excluding carboxylic acids is 1. The molecule has 4 nitrogen and oxygen atoms in total. The van der Waals surface area contributed by atoms with Crippen LogP contribution in [0.5, 0.6) is 0 Å². The van der Waals surface area contributed by atoms with Gasteiger partial charge in [-0.05, 0) is 30.2 Å². The summed E-state index contributed by atoms with van der Waals surface area (Å²) in [6.45, 7) is 1.38. The number of carbonyl (C=O) groups is 1. The summed E-state index contributed by atoms with van der Waals surface area (Å²) in [5.41, 5.74) is 0.711. The molecule has 1 aromatic carbocycles. The largest absolute Gasteiger partial charge is 0.394 e. The molecule has 0 saturated heterocycles. The molecule has 1 rings (SSSR count). The molecule has 0 aliphatic carbocycles. The average molecular weight is 306 g/mol. The van der Waals surface area contributed by atoms with Gasteiger partial charge >= 0.3 is 0 Å². The number of halogens is 2. The van der Waals surface area contributed by atoms with Crippen LogP contribution in [-0.4, -0.2) is 37.4 Å². The Morgan fingerprint density at radius 1 is 1.32 bits per heavy atom. The molecule has 0 aromatic heterocycles. The van der Waals surface area contributed by atoms with E-state index in [4.69, 9.17) is 33.0 Å². The maximum Gasteiger partial charge on any atom is 0.224 e. The second-order valence-corrected chi connectivity index (χ2v) is 4.80. The van der Waals surface area contributed by atoms with Gasteiger partial charge in [-0.1, -0.05) is 23.2 Å². The zero-order valence-corrected chi connectivity index (χ0v) is 12.0. The molecule has 0 unspecified atom stereocenters. The van der Waals surface area contributed by atoms with Crippen molar-refractivity contribution in [1.29, 1.82) is 0 Å². The van der Waals surface area contributed by atoms with Crippen molar-refractivity contribution in [2.45, 2.75) is 12.8 Å². The maximum atomic E-state index is 11.7. The zero-order chi connectivity index (χ0) is 14.1. The first kappa shape index (κ1) is 16.2. The van der Waals surface area contributed by atoms with E-state index in [0.29, 0.717) is 41.8 Å². The molecule has 0 spiro atoms. The Labute approximate surface area is 122 Å². The predicted octanol–water partition coefficient (Wildman–Crippen LogP) is 2.05. The minimum absolute atomic E-state index is 0.0135. The van der Waals surface area contributed by atoms with Crippen molar-refractivity contribution in [3.63, 3.8) is 0 Å². The van der Waals surface area contributed by atoms with Crippen molar-refractivity contribution in [1.82, 2.24) is 5.32 Å². The summed E-state index contributed by atoms with van der Waals surface area (Å²) in [5, 5.41) is 12.4. The van der Waals surface area contributed by atoms with Gasteiger partial charge in [-0.25, -0.2) is 0 Å². The van der Waals surface area contributed by atoms with Crippen LogP contribution in [-0.2, 0) is 16.0 Å². The highest BCUT2D eigenvalue weighted by molar-refractivity contribution is 6.33. The number of benzene rings is 1. The summed E-state index contributed by atoms with van der Waals surface area (Å²) in [4.78, 5) is 11.7. The minimum atomic E-state index is -0.105. The summed E-state index contributed by atoms with van der Waals surface area (Å²) in [6, 6.07) is 5.05. The number of nitrogens with one attached hydrogen (secondary N) is 1. The molecular weight excluding hydrogens is 289 g/mol. The van der Waals surface area contributed by atoms with E-state index in [-0.39, 0.29) is 18.9 Å². The highest BCUT2D eigenvalue weighted by Crippen LogP contribution is 2.20. The van der Waals surface area contributed by atoms with Gasteiger partial charge < -0.3 is 15.2 Å². The number of aliphatic hydroxyl groups excluding tert-OH is 1. The number of amides is 1. The van der Waals surface area contributed by atoms with Crippen LogP contribution in [0.25, 0.3) is 0 Å². The van der Waals surface area contributed by atoms with Crippen molar-refractivity contribution in [3.05, 3.63) is 33.8 Å². The summed E-state index contributed by atoms with van der Waals surface area (Å²) in [7, 11) is 0. The van der Waals surface area contributed by atoms with Crippen LogP contribution in [0.1, 0.15) is 12.0 Å². The standard InChI is InChI=1S/C13H17Cl2NO3/c14-11-2-3-12(15)10(8-11)9-13(18)16-4-1-6-19-7-5-17/h2-3,8,17H,1,4-7,9H2,(H,16,18). The Bertz CT molecular complexity index is 413. The second kappa shape index (κ2) is 9.15. The predicted molar refractivity (Wildman–Crippen MR) is 75.7 cm³/mol. The summed E-state index contributed by atoms with van der Waals surface area (Å²) < 4.78 is 5.08. The van der Waals surface area contributed by atoms with Crippen LogP contribution in [0.15, 0.2) is 18.2 Å². The third-order valence-electron chi connectivity index (χ3n) is 2.38. The summed E-state index contributed by atoms with van der Waals surface area (Å²) in [6.07, 6.45) is 0.909. The van der Waals surface area contributed by atoms with Gasteiger partial charge in [-0.15, -0.1) is 0 Å². The van der Waals surface area contributed by atoms with Crippen LogP contribution in [0, 0.1) is 0 Å². The molecule has 0 atom stereocenters. The molecule has 6 heteroatoms. The molecule has 0 aliphatic heterocycles. The molecule has 1 amide bonds. The Morgan fingerprint density at radius 2 is 2.11 bits per heavy atom. The van der Waals surface area contributed by atoms with E-state index in [1.54, 1.807) is 18.2 Å². The number of hydrogen-bond donors (Lipinski definition) is 2. The first-order valence-corrected chi connectivity index (χ1v) is 6.78. The van der Waals surface area contributed by atoms with E-state index < -0.39 is 0 Å². The molecule has 0 radical (unpaired) electrons. The monoisotopic (exact) mass is 305 g/mol. The van der Waals surface area contributed by atoms with E-state index in [1.165, 1.54) is 0 Å². The summed E-state index contributed by atoms with van der Waals surface area (Å²) in [5.74, 6) is -0.105. The quantitative estimate of drug-likeness (QED) is 0.723. The molecule has 0 fully saturated rings. The molecule has 0 aliphatic rings. The molecule has 1 aromatic rings. The van der Waals surface area contributed by atoms with Crippen LogP contribution in [0.2, 0.25) is 10.0 Å². The van der Waals surface area contributed by atoms with Crippen molar-refractivity contribution in [3.8, 4) is 0 Å². The number of ether oxygens (including phenoxy) is 1. The third kappa shape index (κ3) is 6.78. The Hall–Kier alpha value is -0.810. The molecular formula is C13H17Cl2NO3. The summed E-state index contributed by atoms with van der Waals surface area (Å²) >= 11 is 11.8. The molecule has 0 heterocycles. The number of rotatable bonds is 8. The number of hydrogen-bond acceptors (Lipinski definition) is 3. The van der Waals surface area contributed by atoms with Crippen LogP contribution in [0.3, 0.4) is 0 Å². The fraction of sp³-hybridized carbons (Fsp3) is 0.462. The third-order valence-corrected chi connectivity index (χ3v) is 2.99. The average Bonchev–Trinajstić information content (AvgIpc) is 2.38. The SMILES string of the molecule is O=C(Cc1cc(Cl)ccc1Cl)NCCCOCCO. The molecule has 0 saturated carbocycles. The van der Waals surface area contributed by atoms with Gasteiger partial charge in [0.15, 0.2) is 0 Å². The lowest BCUT2D eigenvalue weighted by Gasteiger charge is -2.07. The molecule has 19 heavy (non-hydrogen) atoms. The van der Waals surface area contributed by atoms with Crippen molar-refractivity contribution in [2.24, 2.45) is 0 Å². The fourth-order valence-electron chi connectivity index (χ4n) is 1.48. The van der Waals surface area contributed by atoms with Gasteiger partial charge in [0, 0.05) is 23.2 Å². The van der Waals surface area contributed by atoms with Gasteiger partial charge in [0.25, 0.3) is 0 Å². The van der Waals surface area contributed by atoms with Gasteiger partial charge in [-0.2, -0.15) is 0 Å². The van der Waals surface area contributed by atoms with Crippen molar-refractivity contribution in [2.75, 3.05) is 26.4 Å². The van der Waals surface area contributed by atoms with Crippen molar-refractivity contribution >= 4 is 29.1 Å². The minimum Gasteiger partial charge on any atom is -0.394 e. The lowest BCUT2D eigenvalue weighted by molar-refractivity contribution is -0.120. The second-order valence-electron chi connectivity index (χ2n) is 3.95. The van der Waals surface area contributed by atoms with E-state index in [0.717, 1.165) is 0 Å². The van der Waals surface area contributed by atoms with Crippen LogP contribution < -0.4 is 5.32 Å².